The van der Waals surface area contributed by atoms with Crippen molar-refractivity contribution in [3.8, 4) is 5.75 Å². The van der Waals surface area contributed by atoms with Gasteiger partial charge in [-0.25, -0.2) is 9.18 Å². The number of hydrogen-bond donors (Lipinski definition) is 2. The summed E-state index contributed by atoms with van der Waals surface area (Å²) in [6.07, 6.45) is 0.0884. The molecule has 2 aromatic rings. The van der Waals surface area contributed by atoms with Crippen LogP contribution in [0.15, 0.2) is 48.5 Å². The van der Waals surface area contributed by atoms with Crippen LogP contribution in [0.1, 0.15) is 6.42 Å². The summed E-state index contributed by atoms with van der Waals surface area (Å²) in [5, 5.41) is 5.21. The zero-order chi connectivity index (χ0) is 19.4. The first-order valence-corrected chi connectivity index (χ1v) is 8.09. The van der Waals surface area contributed by atoms with Gasteiger partial charge in [0, 0.05) is 24.3 Å². The normalized spacial score (nSPS) is 16.5. The predicted octanol–water partition coefficient (Wildman–Crippen LogP) is 3.35. The molecule has 0 spiro atoms. The van der Waals surface area contributed by atoms with E-state index in [2.05, 4.69) is 15.4 Å². The molecule has 0 radical (unpaired) electrons. The van der Waals surface area contributed by atoms with Crippen molar-refractivity contribution in [2.75, 3.05) is 16.8 Å². The van der Waals surface area contributed by atoms with E-state index in [1.54, 1.807) is 6.07 Å². The first-order valence-electron chi connectivity index (χ1n) is 8.09. The fourth-order valence-corrected chi connectivity index (χ4v) is 2.77. The van der Waals surface area contributed by atoms with Gasteiger partial charge in [0.05, 0.1) is 6.04 Å². The number of rotatable bonds is 5. The van der Waals surface area contributed by atoms with Crippen molar-refractivity contribution < 1.29 is 27.5 Å². The summed E-state index contributed by atoms with van der Waals surface area (Å²) >= 11 is 0. The number of urea groups is 1. The Bertz CT molecular complexity index is 830. The highest BCUT2D eigenvalue weighted by molar-refractivity contribution is 5.97. The molecule has 1 heterocycles. The molecule has 0 unspecified atom stereocenters. The topological polar surface area (TPSA) is 70.7 Å². The van der Waals surface area contributed by atoms with E-state index in [4.69, 9.17) is 0 Å². The maximum atomic E-state index is 13.3. The first-order chi connectivity index (χ1) is 12.9. The Labute approximate surface area is 152 Å². The van der Waals surface area contributed by atoms with Gasteiger partial charge in [0.15, 0.2) is 0 Å². The quantitative estimate of drug-likeness (QED) is 0.837. The highest BCUT2D eigenvalue weighted by atomic mass is 19.3. The monoisotopic (exact) mass is 379 g/mol. The number of halogens is 3. The number of nitrogens with one attached hydrogen (secondary N) is 2. The molecule has 1 fully saturated rings. The first kappa shape index (κ1) is 18.6. The average Bonchev–Trinajstić information content (AvgIpc) is 2.96. The van der Waals surface area contributed by atoms with Gasteiger partial charge in [-0.1, -0.05) is 6.07 Å². The summed E-state index contributed by atoms with van der Waals surface area (Å²) in [6, 6.07) is 10.1. The van der Waals surface area contributed by atoms with Gasteiger partial charge < -0.3 is 20.3 Å². The third kappa shape index (κ3) is 4.90. The van der Waals surface area contributed by atoms with Crippen molar-refractivity contribution in [1.29, 1.82) is 0 Å². The Kier molecular flexibility index (Phi) is 5.49. The lowest BCUT2D eigenvalue weighted by molar-refractivity contribution is -0.117. The van der Waals surface area contributed by atoms with Crippen LogP contribution in [0.25, 0.3) is 0 Å². The predicted molar refractivity (Wildman–Crippen MR) is 92.4 cm³/mol. The number of hydrogen-bond acceptors (Lipinski definition) is 3. The van der Waals surface area contributed by atoms with Gasteiger partial charge in [0.1, 0.15) is 11.6 Å². The van der Waals surface area contributed by atoms with Crippen molar-refractivity contribution >= 4 is 23.3 Å². The molecule has 2 aromatic carbocycles. The van der Waals surface area contributed by atoms with Crippen LogP contribution in [0.4, 0.5) is 29.3 Å². The fraction of sp³-hybridized carbons (Fsp3) is 0.222. The van der Waals surface area contributed by atoms with Crippen LogP contribution in [0, 0.1) is 5.82 Å². The fourth-order valence-electron chi connectivity index (χ4n) is 2.77. The van der Waals surface area contributed by atoms with E-state index in [-0.39, 0.29) is 24.6 Å². The lowest BCUT2D eigenvalue weighted by Gasteiger charge is -2.17. The Morgan fingerprint density at radius 1 is 1.19 bits per heavy atom. The number of alkyl halides is 2. The minimum Gasteiger partial charge on any atom is -0.435 e. The summed E-state index contributed by atoms with van der Waals surface area (Å²) < 4.78 is 41.8. The number of carbonyl (C=O) groups is 2. The molecule has 9 heteroatoms. The number of carbonyl (C=O) groups excluding carboxylic acids is 2. The standard InChI is InChI=1S/C18H16F3N3O3/c19-11-2-1-3-14(8-11)24-10-13(9-16(24)25)23-18(26)22-12-4-6-15(7-5-12)27-17(20)21/h1-8,13,17H,9-10H2,(H2,22,23,26)/t13-/m0/s1. The molecule has 1 aliphatic rings. The van der Waals surface area contributed by atoms with Gasteiger partial charge in [-0.05, 0) is 42.5 Å². The zero-order valence-corrected chi connectivity index (χ0v) is 14.0. The molecule has 1 saturated heterocycles. The summed E-state index contributed by atoms with van der Waals surface area (Å²) in [6.45, 7) is -2.70. The highest BCUT2D eigenvalue weighted by Crippen LogP contribution is 2.22. The van der Waals surface area contributed by atoms with Crippen molar-refractivity contribution in [2.24, 2.45) is 0 Å². The zero-order valence-electron chi connectivity index (χ0n) is 14.0. The van der Waals surface area contributed by atoms with Crippen LogP contribution in [0.3, 0.4) is 0 Å². The van der Waals surface area contributed by atoms with Gasteiger partial charge in [0.2, 0.25) is 5.91 Å². The molecule has 142 valence electrons. The van der Waals surface area contributed by atoms with Crippen LogP contribution in [-0.2, 0) is 4.79 Å². The Morgan fingerprint density at radius 2 is 1.93 bits per heavy atom. The summed E-state index contributed by atoms with van der Waals surface area (Å²) in [5.41, 5.74) is 0.805. The molecule has 6 nitrogen and oxygen atoms in total. The minimum atomic E-state index is -2.92. The molecule has 0 aromatic heterocycles. The molecule has 0 saturated carbocycles. The largest absolute Gasteiger partial charge is 0.435 e. The van der Waals surface area contributed by atoms with Gasteiger partial charge in [0.25, 0.3) is 0 Å². The van der Waals surface area contributed by atoms with Crippen LogP contribution < -0.4 is 20.3 Å². The molecular weight excluding hydrogens is 363 g/mol. The minimum absolute atomic E-state index is 0.0249. The van der Waals surface area contributed by atoms with Crippen molar-refractivity contribution in [1.82, 2.24) is 5.32 Å². The van der Waals surface area contributed by atoms with E-state index >= 15 is 0 Å². The van der Waals surface area contributed by atoms with Crippen molar-refractivity contribution in [2.45, 2.75) is 19.1 Å². The van der Waals surface area contributed by atoms with E-state index in [1.165, 1.54) is 47.4 Å². The second-order valence-corrected chi connectivity index (χ2v) is 5.89. The van der Waals surface area contributed by atoms with Crippen LogP contribution in [0.5, 0.6) is 5.75 Å². The molecule has 3 rings (SSSR count). The van der Waals surface area contributed by atoms with E-state index < -0.39 is 24.5 Å². The number of benzene rings is 2. The number of nitrogens with zero attached hydrogens (tertiary/aromatic N) is 1. The lowest BCUT2D eigenvalue weighted by atomic mass is 10.2. The molecule has 1 atom stereocenters. The second-order valence-electron chi connectivity index (χ2n) is 5.89. The van der Waals surface area contributed by atoms with Gasteiger partial charge >= 0.3 is 12.6 Å². The molecule has 0 bridgehead atoms. The lowest BCUT2D eigenvalue weighted by Crippen LogP contribution is -2.39. The number of ether oxygens (including phenoxy) is 1. The number of amides is 3. The highest BCUT2D eigenvalue weighted by Gasteiger charge is 2.31. The molecule has 3 amide bonds. The van der Waals surface area contributed by atoms with Crippen molar-refractivity contribution in [3.05, 3.63) is 54.3 Å². The molecular formula is C18H16F3N3O3. The third-order valence-corrected chi connectivity index (χ3v) is 3.92. The van der Waals surface area contributed by atoms with Crippen LogP contribution in [-0.4, -0.2) is 31.1 Å². The van der Waals surface area contributed by atoms with E-state index in [0.717, 1.165) is 0 Å². The molecule has 1 aliphatic heterocycles. The second kappa shape index (κ2) is 7.98. The average molecular weight is 379 g/mol. The van der Waals surface area contributed by atoms with Gasteiger partial charge in [-0.2, -0.15) is 8.78 Å². The Balaban J connectivity index is 1.55. The SMILES string of the molecule is O=C(Nc1ccc(OC(F)F)cc1)N[C@H]1CC(=O)N(c2cccc(F)c2)C1. The van der Waals surface area contributed by atoms with Gasteiger partial charge in [-0.15, -0.1) is 0 Å². The van der Waals surface area contributed by atoms with Crippen LogP contribution in [0.2, 0.25) is 0 Å². The summed E-state index contributed by atoms with van der Waals surface area (Å²) in [7, 11) is 0. The smallest absolute Gasteiger partial charge is 0.387 e. The summed E-state index contributed by atoms with van der Waals surface area (Å²) in [5.74, 6) is -0.698. The van der Waals surface area contributed by atoms with Crippen molar-refractivity contribution in [3.63, 3.8) is 0 Å². The Morgan fingerprint density at radius 3 is 2.59 bits per heavy atom. The number of anilines is 2. The molecule has 0 aliphatic carbocycles. The maximum Gasteiger partial charge on any atom is 0.387 e. The van der Waals surface area contributed by atoms with E-state index in [9.17, 15) is 22.8 Å². The summed E-state index contributed by atoms with van der Waals surface area (Å²) in [4.78, 5) is 25.6. The third-order valence-electron chi connectivity index (χ3n) is 3.92. The van der Waals surface area contributed by atoms with Gasteiger partial charge in [-0.3, -0.25) is 4.79 Å². The maximum absolute atomic E-state index is 13.3. The molecule has 2 N–H and O–H groups in total. The molecule has 27 heavy (non-hydrogen) atoms. The van der Waals surface area contributed by atoms with E-state index in [1.807, 2.05) is 0 Å². The Hall–Kier alpha value is -3.23. The van der Waals surface area contributed by atoms with E-state index in [0.29, 0.717) is 11.4 Å². The van der Waals surface area contributed by atoms with Crippen LogP contribution >= 0.6 is 0 Å².